The van der Waals surface area contributed by atoms with Gasteiger partial charge in [0.2, 0.25) is 0 Å². The lowest BCUT2D eigenvalue weighted by Gasteiger charge is -2.34. The van der Waals surface area contributed by atoms with Crippen LogP contribution in [0.1, 0.15) is 27.7 Å². The number of rotatable bonds is 8. The van der Waals surface area contributed by atoms with Crippen LogP contribution in [0, 0.1) is 0 Å². The van der Waals surface area contributed by atoms with Crippen LogP contribution in [0.3, 0.4) is 0 Å². The van der Waals surface area contributed by atoms with Crippen molar-refractivity contribution >= 4 is 5.96 Å². The van der Waals surface area contributed by atoms with Crippen molar-refractivity contribution in [1.82, 2.24) is 20.4 Å². The van der Waals surface area contributed by atoms with E-state index >= 15 is 0 Å². The number of nitrogens with one attached hydrogen (secondary N) is 2. The van der Waals surface area contributed by atoms with Gasteiger partial charge in [-0.05, 0) is 41.8 Å². The minimum atomic E-state index is -0.815. The molecule has 7 nitrogen and oxygen atoms in total. The van der Waals surface area contributed by atoms with Crippen molar-refractivity contribution in [2.45, 2.75) is 38.8 Å². The molecule has 1 aliphatic rings. The molecule has 1 unspecified atom stereocenters. The third kappa shape index (κ3) is 7.79. The van der Waals surface area contributed by atoms with Gasteiger partial charge in [0.05, 0.1) is 25.4 Å². The summed E-state index contributed by atoms with van der Waals surface area (Å²) in [5.41, 5.74) is -0.830. The summed E-state index contributed by atoms with van der Waals surface area (Å²) in [5.74, 6) is 0.745. The molecule has 1 saturated heterocycles. The molecule has 0 saturated carbocycles. The van der Waals surface area contributed by atoms with E-state index in [0.29, 0.717) is 19.6 Å². The Labute approximate surface area is 147 Å². The first-order valence-corrected chi connectivity index (χ1v) is 8.88. The summed E-state index contributed by atoms with van der Waals surface area (Å²) < 4.78 is 5.36. The third-order valence-corrected chi connectivity index (χ3v) is 4.48. The van der Waals surface area contributed by atoms with E-state index in [1.165, 1.54) is 0 Å². The summed E-state index contributed by atoms with van der Waals surface area (Å²) in [6.45, 7) is 14.0. The molecule has 1 heterocycles. The minimum absolute atomic E-state index is 0.0152. The monoisotopic (exact) mass is 343 g/mol. The van der Waals surface area contributed by atoms with Gasteiger partial charge in [-0.2, -0.15) is 0 Å². The van der Waals surface area contributed by atoms with Crippen molar-refractivity contribution < 1.29 is 9.84 Å². The van der Waals surface area contributed by atoms with Gasteiger partial charge in [0.1, 0.15) is 0 Å². The molecule has 0 aromatic carbocycles. The minimum Gasteiger partial charge on any atom is -0.387 e. The first-order valence-electron chi connectivity index (χ1n) is 8.88. The number of likely N-dealkylation sites (N-methyl/N-ethyl adjacent to an activating group) is 1. The number of hydrogen-bond donors (Lipinski definition) is 3. The van der Waals surface area contributed by atoms with Crippen LogP contribution < -0.4 is 10.6 Å². The average molecular weight is 344 g/mol. The van der Waals surface area contributed by atoms with Crippen LogP contribution >= 0.6 is 0 Å². The summed E-state index contributed by atoms with van der Waals surface area (Å²) in [6.07, 6.45) is 0. The summed E-state index contributed by atoms with van der Waals surface area (Å²) in [6, 6.07) is 0. The standard InChI is InChI=1S/C17H37N5O2/c1-7-18-15(19-12-16(2,3)21(5)6)20-13-17(4,23)14-22-8-10-24-11-9-22/h23H,7-14H2,1-6H3,(H2,18,19,20). The van der Waals surface area contributed by atoms with Gasteiger partial charge in [0, 0.05) is 38.3 Å². The van der Waals surface area contributed by atoms with E-state index in [-0.39, 0.29) is 5.54 Å². The highest BCUT2D eigenvalue weighted by Crippen LogP contribution is 2.10. The lowest BCUT2D eigenvalue weighted by molar-refractivity contribution is -0.0201. The molecular weight excluding hydrogens is 306 g/mol. The van der Waals surface area contributed by atoms with E-state index in [4.69, 9.17) is 4.74 Å². The Hall–Kier alpha value is -0.890. The molecule has 0 radical (unpaired) electrons. The van der Waals surface area contributed by atoms with Gasteiger partial charge >= 0.3 is 0 Å². The lowest BCUT2D eigenvalue weighted by atomic mass is 10.1. The second-order valence-corrected chi connectivity index (χ2v) is 7.64. The summed E-state index contributed by atoms with van der Waals surface area (Å²) >= 11 is 0. The molecule has 0 bridgehead atoms. The van der Waals surface area contributed by atoms with Crippen molar-refractivity contribution in [3.05, 3.63) is 0 Å². The Morgan fingerprint density at radius 1 is 1.21 bits per heavy atom. The molecule has 24 heavy (non-hydrogen) atoms. The summed E-state index contributed by atoms with van der Waals surface area (Å²) in [5, 5.41) is 17.2. The number of β-amino-alcohol motifs (C(OH)–C–C–N with tert-alkyl or cyclic N) is 1. The molecule has 1 aliphatic heterocycles. The van der Waals surface area contributed by atoms with Gasteiger partial charge in [-0.15, -0.1) is 0 Å². The maximum absolute atomic E-state index is 10.7. The second-order valence-electron chi connectivity index (χ2n) is 7.64. The molecule has 1 fully saturated rings. The molecule has 3 N–H and O–H groups in total. The second kappa shape index (κ2) is 9.56. The first kappa shape index (κ1) is 21.2. The third-order valence-electron chi connectivity index (χ3n) is 4.48. The number of hydrogen-bond acceptors (Lipinski definition) is 5. The molecule has 1 atom stereocenters. The number of morpholine rings is 1. The molecular formula is C17H37N5O2. The summed E-state index contributed by atoms with van der Waals surface area (Å²) in [4.78, 5) is 9.07. The fourth-order valence-corrected chi connectivity index (χ4v) is 2.33. The van der Waals surface area contributed by atoms with Crippen LogP contribution in [-0.2, 0) is 4.74 Å². The SMILES string of the molecule is CCNC(=NCC(C)(C)N(C)C)NCC(C)(O)CN1CCOCC1. The molecule has 142 valence electrons. The highest BCUT2D eigenvalue weighted by atomic mass is 16.5. The largest absolute Gasteiger partial charge is 0.387 e. The molecule has 7 heteroatoms. The maximum atomic E-state index is 10.7. The van der Waals surface area contributed by atoms with Gasteiger partial charge < -0.3 is 25.4 Å². The van der Waals surface area contributed by atoms with E-state index in [1.54, 1.807) is 0 Å². The number of guanidine groups is 1. The zero-order chi connectivity index (χ0) is 18.2. The number of aliphatic imine (C=N–C) groups is 1. The fourth-order valence-electron chi connectivity index (χ4n) is 2.33. The van der Waals surface area contributed by atoms with Crippen LogP contribution in [0.4, 0.5) is 0 Å². The Bertz CT molecular complexity index is 390. The number of nitrogens with zero attached hydrogens (tertiary/aromatic N) is 3. The summed E-state index contributed by atoms with van der Waals surface area (Å²) in [7, 11) is 4.12. The molecule has 0 spiro atoms. The highest BCUT2D eigenvalue weighted by molar-refractivity contribution is 5.79. The van der Waals surface area contributed by atoms with E-state index in [0.717, 1.165) is 38.8 Å². The van der Waals surface area contributed by atoms with Crippen LogP contribution in [-0.4, -0.2) is 98.6 Å². The normalized spacial score (nSPS) is 20.1. The smallest absolute Gasteiger partial charge is 0.191 e. The predicted octanol–water partition coefficient (Wildman–Crippen LogP) is -0.0351. The van der Waals surface area contributed by atoms with Gasteiger partial charge in [0.25, 0.3) is 0 Å². The van der Waals surface area contributed by atoms with Crippen LogP contribution in [0.15, 0.2) is 4.99 Å². The Morgan fingerprint density at radius 2 is 1.83 bits per heavy atom. The van der Waals surface area contributed by atoms with E-state index in [2.05, 4.69) is 53.4 Å². The van der Waals surface area contributed by atoms with Crippen molar-refractivity contribution in [1.29, 1.82) is 0 Å². The van der Waals surface area contributed by atoms with Crippen molar-refractivity contribution in [2.24, 2.45) is 4.99 Å². The van der Waals surface area contributed by atoms with E-state index in [1.807, 2.05) is 13.8 Å². The zero-order valence-electron chi connectivity index (χ0n) is 16.4. The van der Waals surface area contributed by atoms with Gasteiger partial charge in [-0.25, -0.2) is 0 Å². The molecule has 0 aromatic heterocycles. The van der Waals surface area contributed by atoms with Crippen LogP contribution in [0.5, 0.6) is 0 Å². The van der Waals surface area contributed by atoms with Crippen LogP contribution in [0.2, 0.25) is 0 Å². The van der Waals surface area contributed by atoms with Crippen molar-refractivity contribution in [3.63, 3.8) is 0 Å². The quantitative estimate of drug-likeness (QED) is 0.424. The van der Waals surface area contributed by atoms with Gasteiger partial charge in [0.15, 0.2) is 5.96 Å². The molecule has 0 aromatic rings. The van der Waals surface area contributed by atoms with Crippen molar-refractivity contribution in [2.75, 3.05) is 66.6 Å². The van der Waals surface area contributed by atoms with Crippen LogP contribution in [0.25, 0.3) is 0 Å². The Morgan fingerprint density at radius 3 is 2.38 bits per heavy atom. The van der Waals surface area contributed by atoms with E-state index < -0.39 is 5.60 Å². The Balaban J connectivity index is 2.54. The molecule has 0 amide bonds. The first-order chi connectivity index (χ1) is 11.2. The maximum Gasteiger partial charge on any atom is 0.191 e. The zero-order valence-corrected chi connectivity index (χ0v) is 16.4. The highest BCUT2D eigenvalue weighted by Gasteiger charge is 2.26. The van der Waals surface area contributed by atoms with Gasteiger partial charge in [-0.3, -0.25) is 9.89 Å². The van der Waals surface area contributed by atoms with E-state index in [9.17, 15) is 5.11 Å². The number of aliphatic hydroxyl groups is 1. The fraction of sp³-hybridized carbons (Fsp3) is 0.941. The topological polar surface area (TPSA) is 72.4 Å². The van der Waals surface area contributed by atoms with Gasteiger partial charge in [-0.1, -0.05) is 0 Å². The molecule has 1 rings (SSSR count). The molecule has 0 aliphatic carbocycles. The number of ether oxygens (including phenoxy) is 1. The average Bonchev–Trinajstić information content (AvgIpc) is 2.50. The predicted molar refractivity (Wildman–Crippen MR) is 99.6 cm³/mol. The Kier molecular flexibility index (Phi) is 8.42. The van der Waals surface area contributed by atoms with Crippen molar-refractivity contribution in [3.8, 4) is 0 Å². The lowest BCUT2D eigenvalue weighted by Crippen LogP contribution is -2.53.